The average molecular weight is 633 g/mol. The first-order valence-corrected chi connectivity index (χ1v) is 15.2. The Morgan fingerprint density at radius 2 is 1.74 bits per heavy atom. The van der Waals surface area contributed by atoms with Crippen molar-refractivity contribution >= 4 is 23.4 Å². The van der Waals surface area contributed by atoms with Gasteiger partial charge in [0.2, 0.25) is 5.78 Å². The molecule has 0 aromatic heterocycles. The molecule has 3 aliphatic rings. The lowest BCUT2D eigenvalue weighted by atomic mass is 9.58. The summed E-state index contributed by atoms with van der Waals surface area (Å²) in [6.07, 6.45) is 0.942. The van der Waals surface area contributed by atoms with Crippen LogP contribution in [-0.2, 0) is 16.0 Å². The van der Waals surface area contributed by atoms with Crippen molar-refractivity contribution in [2.45, 2.75) is 30.9 Å². The summed E-state index contributed by atoms with van der Waals surface area (Å²) in [7, 11) is 8.40. The van der Waals surface area contributed by atoms with Crippen molar-refractivity contribution in [3.63, 3.8) is 0 Å². The van der Waals surface area contributed by atoms with Gasteiger partial charge in [-0.15, -0.1) is 0 Å². The van der Waals surface area contributed by atoms with Gasteiger partial charge in [0.05, 0.1) is 11.6 Å². The summed E-state index contributed by atoms with van der Waals surface area (Å²) in [5, 5.41) is 50.7. The second-order valence-corrected chi connectivity index (χ2v) is 12.7. The maximum atomic E-state index is 14.1. The van der Waals surface area contributed by atoms with Gasteiger partial charge in [-0.3, -0.25) is 24.1 Å². The molecule has 1 unspecified atom stereocenters. The van der Waals surface area contributed by atoms with Crippen molar-refractivity contribution < 1.29 is 39.6 Å². The van der Waals surface area contributed by atoms with Crippen molar-refractivity contribution in [3.8, 4) is 16.9 Å². The molecule has 0 saturated heterocycles. The highest BCUT2D eigenvalue weighted by Crippen LogP contribution is 2.53. The minimum absolute atomic E-state index is 0.00519. The van der Waals surface area contributed by atoms with Crippen LogP contribution in [0, 0.1) is 11.8 Å². The number of nitrogens with zero attached hydrogens (tertiary/aromatic N) is 2. The highest BCUT2D eigenvalue weighted by Gasteiger charge is 2.63. The fraction of sp³-hybridized carbons (Fsp3) is 0.412. The molecule has 0 aliphatic heterocycles. The number of Topliss-reactive ketones (excluding diaryl/α,β-unsaturated/α-hetero) is 2. The molecule has 2 amide bonds. The van der Waals surface area contributed by atoms with Gasteiger partial charge in [0, 0.05) is 30.6 Å². The predicted octanol–water partition coefficient (Wildman–Crippen LogP) is 1.73. The number of aliphatic hydroxyl groups is 3. The van der Waals surface area contributed by atoms with Gasteiger partial charge in [-0.25, -0.2) is 0 Å². The van der Waals surface area contributed by atoms with Gasteiger partial charge in [0.25, 0.3) is 11.8 Å². The van der Waals surface area contributed by atoms with Gasteiger partial charge in [0.15, 0.2) is 11.4 Å². The van der Waals surface area contributed by atoms with Crippen LogP contribution in [0.5, 0.6) is 5.75 Å². The van der Waals surface area contributed by atoms with Gasteiger partial charge < -0.3 is 36.0 Å². The normalized spacial score (nSPS) is 24.1. The number of hydrogen-bond acceptors (Lipinski definition) is 10. The summed E-state index contributed by atoms with van der Waals surface area (Å²) in [5.74, 6) is -6.68. The maximum absolute atomic E-state index is 14.1. The van der Waals surface area contributed by atoms with E-state index >= 15 is 0 Å². The van der Waals surface area contributed by atoms with E-state index in [0.29, 0.717) is 28.8 Å². The van der Waals surface area contributed by atoms with Crippen LogP contribution in [0.3, 0.4) is 0 Å². The lowest BCUT2D eigenvalue weighted by Gasteiger charge is -2.50. The number of aliphatic hydroxyl groups excluding tert-OH is 2. The van der Waals surface area contributed by atoms with Crippen molar-refractivity contribution in [2.24, 2.45) is 11.8 Å². The number of fused-ring (bicyclic) bond motifs is 3. The average Bonchev–Trinajstić information content (AvgIpc) is 3.00. The molecule has 5 rings (SSSR count). The SMILES string of the molecule is CNC(=O)C1=C(O)C(N(C)C)[C@@H]2C[C@@H]3Cc4c(-c5cccc(C(=O)NCCCN(C)C)c5)ccc(O)c4C(=O)C3=C(O)[C@]2(O)C1=O. The van der Waals surface area contributed by atoms with E-state index in [1.165, 1.54) is 13.1 Å². The molecule has 0 bridgehead atoms. The molecule has 6 N–H and O–H groups in total. The number of hydrogen-bond donors (Lipinski definition) is 6. The van der Waals surface area contributed by atoms with E-state index in [1.807, 2.05) is 19.0 Å². The molecule has 0 fully saturated rings. The third-order valence-corrected chi connectivity index (χ3v) is 9.32. The maximum Gasteiger partial charge on any atom is 0.258 e. The molecule has 12 nitrogen and oxygen atoms in total. The Morgan fingerprint density at radius 1 is 1.02 bits per heavy atom. The third-order valence-electron chi connectivity index (χ3n) is 9.32. The molecular formula is C34H40N4O8. The minimum atomic E-state index is -2.66. The van der Waals surface area contributed by atoms with Crippen LogP contribution in [0.2, 0.25) is 0 Å². The molecule has 2 aromatic carbocycles. The Morgan fingerprint density at radius 3 is 2.39 bits per heavy atom. The molecule has 12 heteroatoms. The Labute approximate surface area is 267 Å². The number of amides is 2. The number of carbonyl (C=O) groups is 4. The summed E-state index contributed by atoms with van der Waals surface area (Å²) in [4.78, 5) is 56.9. The smallest absolute Gasteiger partial charge is 0.258 e. The number of rotatable bonds is 8. The van der Waals surface area contributed by atoms with Crippen LogP contribution < -0.4 is 10.6 Å². The van der Waals surface area contributed by atoms with Crippen molar-refractivity contribution in [3.05, 3.63) is 75.8 Å². The number of nitrogens with one attached hydrogen (secondary N) is 2. The molecule has 0 spiro atoms. The molecule has 3 aliphatic carbocycles. The lowest BCUT2D eigenvalue weighted by Crippen LogP contribution is -2.63. The molecule has 4 atom stereocenters. The van der Waals surface area contributed by atoms with Crippen LogP contribution in [0.15, 0.2) is 59.1 Å². The largest absolute Gasteiger partial charge is 0.510 e. The van der Waals surface area contributed by atoms with Crippen molar-refractivity contribution in [1.82, 2.24) is 20.4 Å². The summed E-state index contributed by atoms with van der Waals surface area (Å²) < 4.78 is 0. The fourth-order valence-corrected chi connectivity index (χ4v) is 7.15. The molecule has 0 radical (unpaired) electrons. The van der Waals surface area contributed by atoms with Crippen LogP contribution in [0.1, 0.15) is 39.1 Å². The zero-order chi connectivity index (χ0) is 33.7. The first kappa shape index (κ1) is 32.9. The van der Waals surface area contributed by atoms with Gasteiger partial charge in [0.1, 0.15) is 22.8 Å². The topological polar surface area (TPSA) is 180 Å². The van der Waals surface area contributed by atoms with Crippen LogP contribution in [0.4, 0.5) is 0 Å². The van der Waals surface area contributed by atoms with Crippen LogP contribution >= 0.6 is 0 Å². The fourth-order valence-electron chi connectivity index (χ4n) is 7.15. The first-order valence-electron chi connectivity index (χ1n) is 15.2. The van der Waals surface area contributed by atoms with Gasteiger partial charge in [-0.2, -0.15) is 0 Å². The van der Waals surface area contributed by atoms with Gasteiger partial charge in [-0.1, -0.05) is 18.2 Å². The highest BCUT2D eigenvalue weighted by molar-refractivity contribution is 6.25. The Bertz CT molecular complexity index is 1690. The van der Waals surface area contributed by atoms with E-state index in [1.54, 1.807) is 49.3 Å². The van der Waals surface area contributed by atoms with Crippen molar-refractivity contribution in [2.75, 3.05) is 48.3 Å². The Hall–Kier alpha value is -4.52. The van der Waals surface area contributed by atoms with Gasteiger partial charge in [-0.05, 0) is 94.8 Å². The highest BCUT2D eigenvalue weighted by atomic mass is 16.3. The Balaban J connectivity index is 1.57. The number of carbonyl (C=O) groups excluding carboxylic acids is 4. The number of phenols is 1. The van der Waals surface area contributed by atoms with Crippen LogP contribution in [0.25, 0.3) is 11.1 Å². The number of aromatic hydroxyl groups is 1. The zero-order valence-corrected chi connectivity index (χ0v) is 26.5. The summed E-state index contributed by atoms with van der Waals surface area (Å²) >= 11 is 0. The van der Waals surface area contributed by atoms with E-state index in [9.17, 15) is 39.6 Å². The van der Waals surface area contributed by atoms with E-state index in [2.05, 4.69) is 10.6 Å². The van der Waals surface area contributed by atoms with E-state index in [-0.39, 0.29) is 35.6 Å². The standard InChI is InChI=1S/C34H40N4O8/c1-35-33(45)26-29(41)27(38(4)5)22-16-19-15-21-20(17-8-6-9-18(14-17)32(44)36-12-7-13-37(2)3)10-11-23(39)25(21)28(40)24(19)30(42)34(22,46)31(26)43/h6,8-11,14,19,22,27,39,41-42,46H,7,12-13,15-16H2,1-5H3,(H,35,45)(H,36,44)/t19-,22-,27?,34-/m0/s1. The molecular weight excluding hydrogens is 592 g/mol. The quantitative estimate of drug-likeness (QED) is 0.185. The number of likely N-dealkylation sites (N-methyl/N-ethyl adjacent to an activating group) is 2. The minimum Gasteiger partial charge on any atom is -0.510 e. The summed E-state index contributed by atoms with van der Waals surface area (Å²) in [6.45, 7) is 1.33. The molecule has 2 aromatic rings. The summed E-state index contributed by atoms with van der Waals surface area (Å²) in [6, 6.07) is 8.93. The number of ketones is 2. The predicted molar refractivity (Wildman–Crippen MR) is 169 cm³/mol. The molecule has 0 saturated carbocycles. The van der Waals surface area contributed by atoms with Crippen LogP contribution in [-0.4, -0.2) is 114 Å². The second-order valence-electron chi connectivity index (χ2n) is 12.7. The zero-order valence-electron chi connectivity index (χ0n) is 26.5. The molecule has 46 heavy (non-hydrogen) atoms. The first-order chi connectivity index (χ1) is 21.7. The lowest BCUT2D eigenvalue weighted by molar-refractivity contribution is -0.148. The monoisotopic (exact) mass is 632 g/mol. The number of allylic oxidation sites excluding steroid dienone is 1. The van der Waals surface area contributed by atoms with Gasteiger partial charge >= 0.3 is 0 Å². The molecule has 244 valence electrons. The van der Waals surface area contributed by atoms with E-state index < -0.39 is 58.0 Å². The molecule has 0 heterocycles. The Kier molecular flexibility index (Phi) is 8.82. The van der Waals surface area contributed by atoms with E-state index in [0.717, 1.165) is 13.0 Å². The van der Waals surface area contributed by atoms with E-state index in [4.69, 9.17) is 0 Å². The van der Waals surface area contributed by atoms with Crippen molar-refractivity contribution in [1.29, 1.82) is 0 Å². The third kappa shape index (κ3) is 5.25. The second kappa shape index (κ2) is 12.3. The number of benzene rings is 2. The number of phenolic OH excluding ortho intramolecular Hbond substituents is 1. The summed E-state index contributed by atoms with van der Waals surface area (Å²) in [5.41, 5.74) is -1.48.